The molecule has 6 heteroatoms. The van der Waals surface area contributed by atoms with E-state index in [0.29, 0.717) is 17.7 Å². The van der Waals surface area contributed by atoms with Crippen molar-refractivity contribution in [2.45, 2.75) is 32.7 Å². The van der Waals surface area contributed by atoms with Crippen molar-refractivity contribution in [3.63, 3.8) is 0 Å². The summed E-state index contributed by atoms with van der Waals surface area (Å²) in [6.45, 7) is 3.56. The van der Waals surface area contributed by atoms with Crippen molar-refractivity contribution in [1.29, 1.82) is 0 Å². The predicted octanol–water partition coefficient (Wildman–Crippen LogP) is 0.622. The number of carbonyl (C=O) groups excluding carboxylic acids is 1. The van der Waals surface area contributed by atoms with E-state index in [-0.39, 0.29) is 17.9 Å². The van der Waals surface area contributed by atoms with Crippen molar-refractivity contribution >= 4 is 15.9 Å². The topological polar surface area (TPSA) is 75.3 Å². The van der Waals surface area contributed by atoms with Crippen molar-refractivity contribution in [2.24, 2.45) is 5.92 Å². The molecule has 1 aliphatic heterocycles. The van der Waals surface area contributed by atoms with Gasteiger partial charge in [0.15, 0.2) is 0 Å². The molecule has 2 N–H and O–H groups in total. The van der Waals surface area contributed by atoms with Gasteiger partial charge in [-0.2, -0.15) is 0 Å². The van der Waals surface area contributed by atoms with Gasteiger partial charge in [-0.15, -0.1) is 0 Å². The quantitative estimate of drug-likeness (QED) is 0.777. The number of fused-ring (bicyclic) bond motifs is 1. The van der Waals surface area contributed by atoms with E-state index in [1.54, 1.807) is 26.0 Å². The molecule has 1 saturated heterocycles. The fourth-order valence-electron chi connectivity index (χ4n) is 2.09. The lowest BCUT2D eigenvalue weighted by atomic mass is 9.97. The van der Waals surface area contributed by atoms with Gasteiger partial charge in [0.25, 0.3) is 0 Å². The van der Waals surface area contributed by atoms with Gasteiger partial charge < -0.3 is 5.32 Å². The zero-order valence-electron chi connectivity index (χ0n) is 9.86. The van der Waals surface area contributed by atoms with Crippen LogP contribution in [0.2, 0.25) is 0 Å². The van der Waals surface area contributed by atoms with Crippen LogP contribution in [0.15, 0.2) is 22.8 Å². The van der Waals surface area contributed by atoms with Gasteiger partial charge in [0.1, 0.15) is 0 Å². The molecule has 94 valence electrons. The number of hydrogen-bond acceptors (Lipinski definition) is 3. The molecule has 1 fully saturated rings. The van der Waals surface area contributed by atoms with Crippen LogP contribution in [-0.2, 0) is 14.8 Å². The number of carbonyl (C=O) groups is 1. The summed E-state index contributed by atoms with van der Waals surface area (Å²) >= 11 is 0. The van der Waals surface area contributed by atoms with Crippen LogP contribution < -0.4 is 10.0 Å². The normalized spacial score (nSPS) is 24.2. The molecule has 1 amide bonds. The lowest BCUT2D eigenvalue weighted by Gasteiger charge is -2.19. The van der Waals surface area contributed by atoms with Gasteiger partial charge in [-0.3, -0.25) is 4.79 Å². The maximum atomic E-state index is 12.0. The summed E-state index contributed by atoms with van der Waals surface area (Å²) in [4.78, 5) is 11.6. The van der Waals surface area contributed by atoms with Crippen LogP contribution in [-0.4, -0.2) is 20.4 Å². The minimum Gasteiger partial charge on any atom is -0.329 e. The summed E-state index contributed by atoms with van der Waals surface area (Å²) in [7, 11) is -3.41. The Kier molecular flexibility index (Phi) is 3.09. The molecular formula is C11H16N2O3S. The van der Waals surface area contributed by atoms with E-state index in [1.807, 2.05) is 0 Å². The highest BCUT2D eigenvalue weighted by Crippen LogP contribution is 2.32. The van der Waals surface area contributed by atoms with Crippen molar-refractivity contribution in [3.05, 3.63) is 22.8 Å². The van der Waals surface area contributed by atoms with Crippen LogP contribution >= 0.6 is 0 Å². The highest BCUT2D eigenvalue weighted by molar-refractivity contribution is 7.93. The third kappa shape index (κ3) is 2.58. The molecule has 5 nitrogen and oxygen atoms in total. The Bertz CT molecular complexity index is 503. The van der Waals surface area contributed by atoms with Crippen molar-refractivity contribution in [1.82, 2.24) is 10.0 Å². The second kappa shape index (κ2) is 4.27. The molecule has 1 atom stereocenters. The van der Waals surface area contributed by atoms with E-state index in [9.17, 15) is 13.2 Å². The van der Waals surface area contributed by atoms with E-state index < -0.39 is 10.0 Å². The van der Waals surface area contributed by atoms with Crippen molar-refractivity contribution < 1.29 is 13.2 Å². The van der Waals surface area contributed by atoms with E-state index in [1.165, 1.54) is 0 Å². The van der Waals surface area contributed by atoms with Crippen LogP contribution in [0.1, 0.15) is 26.7 Å². The van der Waals surface area contributed by atoms with Gasteiger partial charge in [0.05, 0.1) is 4.91 Å². The number of rotatable bonds is 3. The molecular weight excluding hydrogens is 240 g/mol. The monoisotopic (exact) mass is 256 g/mol. The molecule has 0 radical (unpaired) electrons. The van der Waals surface area contributed by atoms with E-state index in [0.717, 1.165) is 5.70 Å². The fourth-order valence-corrected chi connectivity index (χ4v) is 3.53. The summed E-state index contributed by atoms with van der Waals surface area (Å²) in [5.41, 5.74) is 0.832. The van der Waals surface area contributed by atoms with E-state index in [2.05, 4.69) is 10.0 Å². The number of allylic oxidation sites excluding steroid dienone is 4. The number of nitrogens with one attached hydrogen (secondary N) is 2. The van der Waals surface area contributed by atoms with Gasteiger partial charge in [0, 0.05) is 24.1 Å². The first kappa shape index (κ1) is 12.3. The van der Waals surface area contributed by atoms with Crippen LogP contribution in [0.3, 0.4) is 0 Å². The van der Waals surface area contributed by atoms with E-state index in [4.69, 9.17) is 0 Å². The number of hydrogen-bond donors (Lipinski definition) is 2. The predicted molar refractivity (Wildman–Crippen MR) is 64.2 cm³/mol. The first-order valence-electron chi connectivity index (χ1n) is 5.61. The van der Waals surface area contributed by atoms with Gasteiger partial charge >= 0.3 is 0 Å². The molecule has 1 heterocycles. The Morgan fingerprint density at radius 3 is 2.71 bits per heavy atom. The Morgan fingerprint density at radius 1 is 1.35 bits per heavy atom. The summed E-state index contributed by atoms with van der Waals surface area (Å²) in [5, 5.41) is 2.73. The van der Waals surface area contributed by atoms with Crippen LogP contribution in [0.5, 0.6) is 0 Å². The van der Waals surface area contributed by atoms with Crippen LogP contribution in [0.4, 0.5) is 0 Å². The third-order valence-electron chi connectivity index (χ3n) is 2.79. The minimum atomic E-state index is -3.41. The zero-order chi connectivity index (χ0) is 12.6. The number of sulfonamides is 1. The molecule has 0 saturated carbocycles. The number of amides is 1. The van der Waals surface area contributed by atoms with Crippen LogP contribution in [0, 0.1) is 5.92 Å². The molecule has 1 unspecified atom stereocenters. The summed E-state index contributed by atoms with van der Waals surface area (Å²) in [5.74, 6) is -0.0450. The average Bonchev–Trinajstić information content (AvgIpc) is 2.54. The first-order valence-corrected chi connectivity index (χ1v) is 7.10. The molecule has 1 aliphatic carbocycles. The van der Waals surface area contributed by atoms with Crippen molar-refractivity contribution in [2.75, 3.05) is 0 Å². The highest BCUT2D eigenvalue weighted by Gasteiger charge is 2.33. The smallest absolute Gasteiger partial charge is 0.236 e. The van der Waals surface area contributed by atoms with E-state index >= 15 is 0 Å². The zero-order valence-corrected chi connectivity index (χ0v) is 10.7. The van der Waals surface area contributed by atoms with Gasteiger partial charge in [-0.1, -0.05) is 0 Å². The Balaban J connectivity index is 2.19. The second-order valence-electron chi connectivity index (χ2n) is 4.68. The lowest BCUT2D eigenvalue weighted by Crippen LogP contribution is -2.32. The molecule has 0 aromatic rings. The lowest BCUT2D eigenvalue weighted by molar-refractivity contribution is -0.119. The molecule has 0 bridgehead atoms. The summed E-state index contributed by atoms with van der Waals surface area (Å²) < 4.78 is 26.5. The molecule has 17 heavy (non-hydrogen) atoms. The summed E-state index contributed by atoms with van der Waals surface area (Å²) in [6, 6.07) is -0.130. The molecule has 0 spiro atoms. The SMILES string of the molecule is CC(C)NS(=O)(=O)C1=CC=C2NC(=O)CC2C1. The maximum absolute atomic E-state index is 12.0. The maximum Gasteiger partial charge on any atom is 0.236 e. The van der Waals surface area contributed by atoms with Gasteiger partial charge in [0.2, 0.25) is 15.9 Å². The average molecular weight is 256 g/mol. The molecule has 2 rings (SSSR count). The Morgan fingerprint density at radius 2 is 2.06 bits per heavy atom. The Hall–Kier alpha value is -1.14. The first-order chi connectivity index (χ1) is 7.88. The van der Waals surface area contributed by atoms with Gasteiger partial charge in [-0.25, -0.2) is 13.1 Å². The third-order valence-corrected chi connectivity index (χ3v) is 4.56. The Labute approximate surface area is 101 Å². The molecule has 0 aromatic carbocycles. The summed E-state index contributed by atoms with van der Waals surface area (Å²) in [6.07, 6.45) is 4.03. The standard InChI is InChI=1S/C11H16N2O3S/c1-7(2)13-17(15,16)9-3-4-10-8(5-9)6-11(14)12-10/h3-4,7-8,13H,5-6H2,1-2H3,(H,12,14). The van der Waals surface area contributed by atoms with Crippen molar-refractivity contribution in [3.8, 4) is 0 Å². The second-order valence-corrected chi connectivity index (χ2v) is 6.45. The van der Waals surface area contributed by atoms with Crippen LogP contribution in [0.25, 0.3) is 0 Å². The molecule has 0 aromatic heterocycles. The van der Waals surface area contributed by atoms with Gasteiger partial charge in [-0.05, 0) is 32.4 Å². The minimum absolute atomic E-state index is 0.00811. The molecule has 2 aliphatic rings. The fraction of sp³-hybridized carbons (Fsp3) is 0.545. The largest absolute Gasteiger partial charge is 0.329 e. The highest BCUT2D eigenvalue weighted by atomic mass is 32.2.